The maximum atomic E-state index is 5.80. The van der Waals surface area contributed by atoms with Crippen LogP contribution < -0.4 is 0 Å². The van der Waals surface area contributed by atoms with Crippen molar-refractivity contribution in [2.45, 2.75) is 5.92 Å². The summed E-state index contributed by atoms with van der Waals surface area (Å²) in [6, 6.07) is 7.93. The molecule has 0 fully saturated rings. The Bertz CT molecular complexity index is 302. The van der Waals surface area contributed by atoms with Gasteiger partial charge >= 0.3 is 0 Å². The maximum Gasteiger partial charge on any atom is 0.0648 e. The first-order chi connectivity index (χ1) is 6.36. The van der Waals surface area contributed by atoms with Crippen molar-refractivity contribution in [2.75, 3.05) is 13.2 Å². The highest BCUT2D eigenvalue weighted by molar-refractivity contribution is 6.30. The van der Waals surface area contributed by atoms with Gasteiger partial charge in [0.2, 0.25) is 0 Å². The van der Waals surface area contributed by atoms with E-state index in [1.807, 2.05) is 24.3 Å². The molecule has 1 aromatic carbocycles. The largest absolute Gasteiger partial charge is 0.376 e. The molecule has 0 aromatic heterocycles. The molecule has 13 heavy (non-hydrogen) atoms. The lowest BCUT2D eigenvalue weighted by Gasteiger charge is -2.16. The molecular weight excluding hydrogens is 184 g/mol. The quantitative estimate of drug-likeness (QED) is 0.625. The lowest BCUT2D eigenvalue weighted by atomic mass is 9.99. The molecule has 0 aliphatic carbocycles. The molecule has 0 saturated heterocycles. The zero-order valence-electron chi connectivity index (χ0n) is 7.24. The predicted octanol–water partition coefficient (Wildman–Crippen LogP) is 3.01. The molecule has 1 atom stereocenters. The molecule has 0 N–H and O–H groups in total. The van der Waals surface area contributed by atoms with E-state index >= 15 is 0 Å². The van der Waals surface area contributed by atoms with Crippen LogP contribution >= 0.6 is 11.6 Å². The number of halogens is 1. The molecular formula is C11H11ClO. The lowest BCUT2D eigenvalue weighted by molar-refractivity contribution is 0.146. The minimum Gasteiger partial charge on any atom is -0.376 e. The normalized spacial score (nSPS) is 21.8. The van der Waals surface area contributed by atoms with Crippen LogP contribution in [0.1, 0.15) is 11.5 Å². The van der Waals surface area contributed by atoms with Crippen molar-refractivity contribution in [1.82, 2.24) is 0 Å². The SMILES string of the molecule is Clc1ccc([C@H]2C=CCOC2)cc1. The van der Waals surface area contributed by atoms with E-state index in [0.717, 1.165) is 18.2 Å². The number of rotatable bonds is 1. The molecule has 1 aromatic rings. The van der Waals surface area contributed by atoms with E-state index in [9.17, 15) is 0 Å². The molecule has 2 heteroatoms. The molecule has 1 nitrogen and oxygen atoms in total. The van der Waals surface area contributed by atoms with Crippen LogP contribution in [0.15, 0.2) is 36.4 Å². The molecule has 0 unspecified atom stereocenters. The Balaban J connectivity index is 2.19. The summed E-state index contributed by atoms with van der Waals surface area (Å²) in [5.41, 5.74) is 1.26. The fraction of sp³-hybridized carbons (Fsp3) is 0.273. The predicted molar refractivity (Wildman–Crippen MR) is 54.2 cm³/mol. The smallest absolute Gasteiger partial charge is 0.0648 e. The van der Waals surface area contributed by atoms with Gasteiger partial charge in [-0.2, -0.15) is 0 Å². The Kier molecular flexibility index (Phi) is 2.67. The van der Waals surface area contributed by atoms with Crippen LogP contribution in [0.2, 0.25) is 5.02 Å². The molecule has 0 bridgehead atoms. The van der Waals surface area contributed by atoms with Crippen molar-refractivity contribution >= 4 is 11.6 Å². The summed E-state index contributed by atoms with van der Waals surface area (Å²) in [6.45, 7) is 1.52. The summed E-state index contributed by atoms with van der Waals surface area (Å²) < 4.78 is 5.35. The first-order valence-electron chi connectivity index (χ1n) is 4.36. The van der Waals surface area contributed by atoms with Gasteiger partial charge in [0, 0.05) is 10.9 Å². The van der Waals surface area contributed by atoms with Crippen molar-refractivity contribution in [3.63, 3.8) is 0 Å². The van der Waals surface area contributed by atoms with Crippen molar-refractivity contribution in [1.29, 1.82) is 0 Å². The van der Waals surface area contributed by atoms with Gasteiger partial charge in [-0.3, -0.25) is 0 Å². The standard InChI is InChI=1S/C11H11ClO/c12-11-5-3-9(4-6-11)10-2-1-7-13-8-10/h1-6,10H,7-8H2/t10-/m0/s1. The summed E-state index contributed by atoms with van der Waals surface area (Å²) in [4.78, 5) is 0. The van der Waals surface area contributed by atoms with E-state index in [1.165, 1.54) is 5.56 Å². The van der Waals surface area contributed by atoms with Gasteiger partial charge in [0.25, 0.3) is 0 Å². The molecule has 1 aliphatic heterocycles. The highest BCUT2D eigenvalue weighted by atomic mass is 35.5. The molecule has 0 radical (unpaired) electrons. The summed E-state index contributed by atoms with van der Waals surface area (Å²) >= 11 is 5.80. The third-order valence-corrected chi connectivity index (χ3v) is 2.43. The second-order valence-electron chi connectivity index (χ2n) is 3.12. The van der Waals surface area contributed by atoms with E-state index in [0.29, 0.717) is 5.92 Å². The topological polar surface area (TPSA) is 9.23 Å². The van der Waals surface area contributed by atoms with Crippen molar-refractivity contribution < 1.29 is 4.74 Å². The molecule has 68 valence electrons. The Labute approximate surface area is 83.0 Å². The number of ether oxygens (including phenoxy) is 1. The summed E-state index contributed by atoms with van der Waals surface area (Å²) in [5, 5.41) is 0.782. The molecule has 1 aliphatic rings. The van der Waals surface area contributed by atoms with Gasteiger partial charge in [0.05, 0.1) is 13.2 Å². The van der Waals surface area contributed by atoms with Gasteiger partial charge in [0.1, 0.15) is 0 Å². The second kappa shape index (κ2) is 3.95. The maximum absolute atomic E-state index is 5.80. The number of benzene rings is 1. The fourth-order valence-electron chi connectivity index (χ4n) is 1.46. The number of hydrogen-bond donors (Lipinski definition) is 0. The average molecular weight is 195 g/mol. The summed E-state index contributed by atoms with van der Waals surface area (Å²) in [5.74, 6) is 0.394. The van der Waals surface area contributed by atoms with E-state index in [-0.39, 0.29) is 0 Å². The van der Waals surface area contributed by atoms with Crippen molar-refractivity contribution in [2.24, 2.45) is 0 Å². The minimum absolute atomic E-state index is 0.394. The molecule has 0 saturated carbocycles. The van der Waals surface area contributed by atoms with Crippen LogP contribution in [-0.4, -0.2) is 13.2 Å². The lowest BCUT2D eigenvalue weighted by Crippen LogP contribution is -2.10. The monoisotopic (exact) mass is 194 g/mol. The molecule has 1 heterocycles. The van der Waals surface area contributed by atoms with Gasteiger partial charge in [-0.05, 0) is 17.7 Å². The van der Waals surface area contributed by atoms with Crippen LogP contribution in [0.25, 0.3) is 0 Å². The second-order valence-corrected chi connectivity index (χ2v) is 3.56. The fourth-order valence-corrected chi connectivity index (χ4v) is 1.58. The van der Waals surface area contributed by atoms with Crippen LogP contribution in [-0.2, 0) is 4.74 Å². The van der Waals surface area contributed by atoms with Gasteiger partial charge < -0.3 is 4.74 Å². The molecule has 2 rings (SSSR count). The van der Waals surface area contributed by atoms with Gasteiger partial charge in [-0.15, -0.1) is 0 Å². The van der Waals surface area contributed by atoms with E-state index in [4.69, 9.17) is 16.3 Å². The van der Waals surface area contributed by atoms with Crippen LogP contribution in [0.3, 0.4) is 0 Å². The zero-order valence-corrected chi connectivity index (χ0v) is 8.00. The third-order valence-electron chi connectivity index (χ3n) is 2.18. The molecule has 0 spiro atoms. The van der Waals surface area contributed by atoms with Crippen LogP contribution in [0, 0.1) is 0 Å². The van der Waals surface area contributed by atoms with Gasteiger partial charge in [-0.1, -0.05) is 35.9 Å². The Morgan fingerprint density at radius 3 is 2.62 bits per heavy atom. The first-order valence-corrected chi connectivity index (χ1v) is 4.74. The van der Waals surface area contributed by atoms with Crippen molar-refractivity contribution in [3.05, 3.63) is 47.0 Å². The van der Waals surface area contributed by atoms with Crippen molar-refractivity contribution in [3.8, 4) is 0 Å². The van der Waals surface area contributed by atoms with E-state index in [1.54, 1.807) is 0 Å². The number of hydrogen-bond acceptors (Lipinski definition) is 1. The van der Waals surface area contributed by atoms with E-state index < -0.39 is 0 Å². The van der Waals surface area contributed by atoms with Crippen LogP contribution in [0.5, 0.6) is 0 Å². The Morgan fingerprint density at radius 1 is 1.23 bits per heavy atom. The van der Waals surface area contributed by atoms with Gasteiger partial charge in [-0.25, -0.2) is 0 Å². The van der Waals surface area contributed by atoms with E-state index in [2.05, 4.69) is 12.2 Å². The highest BCUT2D eigenvalue weighted by Crippen LogP contribution is 2.21. The highest BCUT2D eigenvalue weighted by Gasteiger charge is 2.10. The zero-order chi connectivity index (χ0) is 9.10. The average Bonchev–Trinajstić information content (AvgIpc) is 2.20. The summed E-state index contributed by atoms with van der Waals surface area (Å²) in [7, 11) is 0. The first kappa shape index (κ1) is 8.79. The Hall–Kier alpha value is -0.790. The molecule has 0 amide bonds. The summed E-state index contributed by atoms with van der Waals surface area (Å²) in [6.07, 6.45) is 4.25. The van der Waals surface area contributed by atoms with Gasteiger partial charge in [0.15, 0.2) is 0 Å². The third kappa shape index (κ3) is 2.11. The minimum atomic E-state index is 0.394. The van der Waals surface area contributed by atoms with Crippen LogP contribution in [0.4, 0.5) is 0 Å². The Morgan fingerprint density at radius 2 is 2.00 bits per heavy atom.